The number of nitrogens with zero attached hydrogens (tertiary/aromatic N) is 2. The van der Waals surface area contributed by atoms with Gasteiger partial charge in [-0.05, 0) is 24.8 Å². The van der Waals surface area contributed by atoms with Crippen molar-refractivity contribution in [2.45, 2.75) is 31.7 Å². The first-order valence-corrected chi connectivity index (χ1v) is 7.24. The van der Waals surface area contributed by atoms with E-state index >= 15 is 0 Å². The summed E-state index contributed by atoms with van der Waals surface area (Å²) in [7, 11) is 0. The normalized spacial score (nSPS) is 12.0. The van der Waals surface area contributed by atoms with E-state index in [1.165, 1.54) is 0 Å². The third-order valence-electron chi connectivity index (χ3n) is 3.22. The molecule has 0 spiro atoms. The van der Waals surface area contributed by atoms with Crippen LogP contribution in [-0.2, 0) is 6.42 Å². The molecule has 118 valence electrons. The van der Waals surface area contributed by atoms with Gasteiger partial charge in [0.1, 0.15) is 0 Å². The van der Waals surface area contributed by atoms with Crippen LogP contribution in [0.2, 0.25) is 0 Å². The molecule has 2 aromatic rings. The second-order valence-corrected chi connectivity index (χ2v) is 5.05. The molecular weight excluding hydrogens is 284 g/mol. The number of nitrogens with one attached hydrogen (secondary N) is 1. The smallest absolute Gasteiger partial charge is 0.404 e. The van der Waals surface area contributed by atoms with E-state index in [1.54, 1.807) is 0 Å². The van der Waals surface area contributed by atoms with Crippen LogP contribution in [0.1, 0.15) is 42.6 Å². The summed E-state index contributed by atoms with van der Waals surface area (Å²) < 4.78 is 5.20. The van der Waals surface area contributed by atoms with Crippen LogP contribution in [0.3, 0.4) is 0 Å². The molecule has 0 radical (unpaired) electrons. The first kappa shape index (κ1) is 16.0. The van der Waals surface area contributed by atoms with Crippen LogP contribution in [0.15, 0.2) is 34.9 Å². The van der Waals surface area contributed by atoms with E-state index in [1.807, 2.05) is 30.3 Å². The average Bonchev–Trinajstić information content (AvgIpc) is 2.96. The van der Waals surface area contributed by atoms with Crippen molar-refractivity contribution >= 4 is 6.09 Å². The largest absolute Gasteiger partial charge is 0.465 e. The highest BCUT2D eigenvalue weighted by molar-refractivity contribution is 5.64. The van der Waals surface area contributed by atoms with Crippen molar-refractivity contribution in [1.29, 1.82) is 0 Å². The summed E-state index contributed by atoms with van der Waals surface area (Å²) >= 11 is 0. The molecular formula is C15H20N4O3. The minimum atomic E-state index is -1.01. The van der Waals surface area contributed by atoms with Gasteiger partial charge in [0.2, 0.25) is 5.89 Å². The van der Waals surface area contributed by atoms with Gasteiger partial charge in [-0.15, -0.1) is 0 Å². The number of nitrogens with two attached hydrogens (primary N) is 1. The second-order valence-electron chi connectivity index (χ2n) is 5.05. The number of rotatable bonds is 8. The monoisotopic (exact) mass is 304 g/mol. The van der Waals surface area contributed by atoms with Crippen molar-refractivity contribution in [1.82, 2.24) is 15.5 Å². The Bertz CT molecular complexity index is 585. The molecule has 1 heterocycles. The second kappa shape index (κ2) is 8.14. The Labute approximate surface area is 128 Å². The number of benzene rings is 1. The van der Waals surface area contributed by atoms with E-state index in [2.05, 4.69) is 15.5 Å². The molecule has 0 aliphatic rings. The molecule has 0 bridgehead atoms. The highest BCUT2D eigenvalue weighted by atomic mass is 16.5. The van der Waals surface area contributed by atoms with Crippen molar-refractivity contribution in [3.8, 4) is 0 Å². The molecule has 1 atom stereocenters. The quantitative estimate of drug-likeness (QED) is 0.643. The molecule has 0 fully saturated rings. The molecule has 22 heavy (non-hydrogen) atoms. The molecule has 7 nitrogen and oxygen atoms in total. The molecule has 0 unspecified atom stereocenters. The number of unbranched alkanes of at least 4 members (excludes halogenated alkanes) is 1. The Hall–Kier alpha value is -2.41. The third-order valence-corrected chi connectivity index (χ3v) is 3.22. The zero-order valence-electron chi connectivity index (χ0n) is 12.2. The van der Waals surface area contributed by atoms with Crippen molar-refractivity contribution < 1.29 is 14.4 Å². The first-order valence-electron chi connectivity index (χ1n) is 7.24. The van der Waals surface area contributed by atoms with E-state index in [4.69, 9.17) is 15.4 Å². The maximum absolute atomic E-state index is 10.3. The van der Waals surface area contributed by atoms with E-state index in [0.29, 0.717) is 31.1 Å². The van der Waals surface area contributed by atoms with Gasteiger partial charge in [0.05, 0.1) is 6.04 Å². The lowest BCUT2D eigenvalue weighted by Crippen LogP contribution is -2.22. The fraction of sp³-hybridized carbons (Fsp3) is 0.400. The standard InChI is InChI=1S/C15H20N4O3/c16-12(8-4-5-9-17-15(20)21)14-18-13(19-22-14)10-11-6-2-1-3-7-11/h1-3,6-7,12,17H,4-5,8-10,16H2,(H,20,21)/t12-/m1/s1. The maximum Gasteiger partial charge on any atom is 0.404 e. The Morgan fingerprint density at radius 1 is 1.32 bits per heavy atom. The predicted molar refractivity (Wildman–Crippen MR) is 80.4 cm³/mol. The number of aromatic nitrogens is 2. The van der Waals surface area contributed by atoms with Gasteiger partial charge in [-0.1, -0.05) is 35.5 Å². The summed E-state index contributed by atoms with van der Waals surface area (Å²) in [5.74, 6) is 1.04. The van der Waals surface area contributed by atoms with Crippen LogP contribution in [0.25, 0.3) is 0 Å². The number of hydrogen-bond donors (Lipinski definition) is 3. The Balaban J connectivity index is 1.76. The summed E-state index contributed by atoms with van der Waals surface area (Å²) in [6, 6.07) is 9.58. The fourth-order valence-electron chi connectivity index (χ4n) is 2.08. The van der Waals surface area contributed by atoms with Gasteiger partial charge in [0, 0.05) is 13.0 Å². The van der Waals surface area contributed by atoms with Gasteiger partial charge >= 0.3 is 6.09 Å². The van der Waals surface area contributed by atoms with Crippen molar-refractivity contribution in [3.05, 3.63) is 47.6 Å². The van der Waals surface area contributed by atoms with Crippen LogP contribution in [-0.4, -0.2) is 27.9 Å². The molecule has 1 aromatic carbocycles. The molecule has 1 aromatic heterocycles. The number of carboxylic acid groups (broad SMARTS) is 1. The van der Waals surface area contributed by atoms with Gasteiger partial charge in [0.15, 0.2) is 5.82 Å². The lowest BCUT2D eigenvalue weighted by Gasteiger charge is -2.06. The Morgan fingerprint density at radius 2 is 2.09 bits per heavy atom. The van der Waals surface area contributed by atoms with Gasteiger partial charge in [-0.25, -0.2) is 4.79 Å². The summed E-state index contributed by atoms with van der Waals surface area (Å²) in [5.41, 5.74) is 7.12. The van der Waals surface area contributed by atoms with E-state index in [9.17, 15) is 4.79 Å². The van der Waals surface area contributed by atoms with Crippen molar-refractivity contribution in [3.63, 3.8) is 0 Å². The third kappa shape index (κ3) is 5.17. The molecule has 1 amide bonds. The summed E-state index contributed by atoms with van der Waals surface area (Å²) in [4.78, 5) is 14.6. The first-order chi connectivity index (χ1) is 10.6. The van der Waals surface area contributed by atoms with Crippen LogP contribution in [0.5, 0.6) is 0 Å². The van der Waals surface area contributed by atoms with Gasteiger partial charge in [-0.2, -0.15) is 4.98 Å². The zero-order valence-corrected chi connectivity index (χ0v) is 12.2. The molecule has 2 rings (SSSR count). The summed E-state index contributed by atoms with van der Waals surface area (Å²) in [6.07, 6.45) is 1.79. The predicted octanol–water partition coefficient (Wildman–Crippen LogP) is 2.10. The minimum absolute atomic E-state index is 0.318. The molecule has 0 aliphatic heterocycles. The fourth-order valence-corrected chi connectivity index (χ4v) is 2.08. The Kier molecular flexibility index (Phi) is 5.91. The van der Waals surface area contributed by atoms with Gasteiger partial charge < -0.3 is 20.7 Å². The molecule has 7 heteroatoms. The number of hydrogen-bond acceptors (Lipinski definition) is 5. The van der Waals surface area contributed by atoms with E-state index in [0.717, 1.165) is 18.4 Å². The average molecular weight is 304 g/mol. The van der Waals surface area contributed by atoms with E-state index in [-0.39, 0.29) is 6.04 Å². The molecule has 0 saturated carbocycles. The van der Waals surface area contributed by atoms with Gasteiger partial charge in [0.25, 0.3) is 0 Å². The van der Waals surface area contributed by atoms with Crippen LogP contribution in [0.4, 0.5) is 4.79 Å². The molecule has 4 N–H and O–H groups in total. The number of carbonyl (C=O) groups is 1. The van der Waals surface area contributed by atoms with Crippen LogP contribution < -0.4 is 11.1 Å². The van der Waals surface area contributed by atoms with Crippen LogP contribution in [0, 0.1) is 0 Å². The van der Waals surface area contributed by atoms with Crippen LogP contribution >= 0.6 is 0 Å². The SMILES string of the molecule is N[C@H](CCCCNC(=O)O)c1nc(Cc2ccccc2)no1. The summed E-state index contributed by atoms with van der Waals surface area (Å²) in [5, 5.41) is 14.7. The topological polar surface area (TPSA) is 114 Å². The lowest BCUT2D eigenvalue weighted by atomic mass is 10.1. The number of amides is 1. The van der Waals surface area contributed by atoms with Crippen molar-refractivity contribution in [2.24, 2.45) is 5.73 Å². The summed E-state index contributed by atoms with van der Waals surface area (Å²) in [6.45, 7) is 0.422. The molecule has 0 saturated heterocycles. The van der Waals surface area contributed by atoms with Gasteiger partial charge in [-0.3, -0.25) is 0 Å². The zero-order chi connectivity index (χ0) is 15.8. The minimum Gasteiger partial charge on any atom is -0.465 e. The lowest BCUT2D eigenvalue weighted by molar-refractivity contribution is 0.194. The highest BCUT2D eigenvalue weighted by Gasteiger charge is 2.14. The highest BCUT2D eigenvalue weighted by Crippen LogP contribution is 2.15. The maximum atomic E-state index is 10.3. The van der Waals surface area contributed by atoms with E-state index < -0.39 is 6.09 Å². The molecule has 0 aliphatic carbocycles. The Morgan fingerprint density at radius 3 is 2.82 bits per heavy atom. The van der Waals surface area contributed by atoms with Crippen molar-refractivity contribution in [2.75, 3.05) is 6.54 Å².